The van der Waals surface area contributed by atoms with E-state index in [1.807, 2.05) is 66.3 Å². The van der Waals surface area contributed by atoms with Crippen LogP contribution in [-0.4, -0.2) is 9.55 Å². The van der Waals surface area contributed by atoms with Gasteiger partial charge in [0, 0.05) is 19.0 Å². The summed E-state index contributed by atoms with van der Waals surface area (Å²) in [5, 5.41) is 12.1. The minimum absolute atomic E-state index is 0.133. The standard InChI is InChI=1S/C30H25N3O/c1-33-21-32-19-29(33)30(17-22-8-3-2-4-9-22)34-20-23-14-15-25(18-31)28(16-23)27-13-7-11-24-10-5-6-12-26(24)27/h2-16,19,21,30H,17,20H2,1H3. The van der Waals surface area contributed by atoms with Crippen molar-refractivity contribution in [3.8, 4) is 17.2 Å². The van der Waals surface area contributed by atoms with Gasteiger partial charge in [-0.25, -0.2) is 4.98 Å². The summed E-state index contributed by atoms with van der Waals surface area (Å²) in [5.74, 6) is 0. The molecule has 0 saturated carbocycles. The number of aromatic nitrogens is 2. The van der Waals surface area contributed by atoms with Crippen molar-refractivity contribution in [3.05, 3.63) is 126 Å². The molecule has 0 amide bonds. The Kier molecular flexibility index (Phi) is 6.20. The van der Waals surface area contributed by atoms with E-state index >= 15 is 0 Å². The largest absolute Gasteiger partial charge is 0.367 e. The molecule has 1 heterocycles. The molecule has 1 unspecified atom stereocenters. The summed E-state index contributed by atoms with van der Waals surface area (Å²) >= 11 is 0. The number of nitriles is 1. The highest BCUT2D eigenvalue weighted by atomic mass is 16.5. The molecule has 0 aliphatic rings. The monoisotopic (exact) mass is 443 g/mol. The molecule has 0 saturated heterocycles. The Hall–Kier alpha value is -4.20. The van der Waals surface area contributed by atoms with Crippen LogP contribution in [0.1, 0.15) is 28.5 Å². The Balaban J connectivity index is 1.46. The first kappa shape index (κ1) is 21.6. The van der Waals surface area contributed by atoms with Crippen LogP contribution in [0.2, 0.25) is 0 Å². The van der Waals surface area contributed by atoms with Crippen molar-refractivity contribution in [1.82, 2.24) is 9.55 Å². The zero-order valence-corrected chi connectivity index (χ0v) is 19.1. The highest BCUT2D eigenvalue weighted by molar-refractivity contribution is 5.97. The lowest BCUT2D eigenvalue weighted by Crippen LogP contribution is -2.12. The van der Waals surface area contributed by atoms with Gasteiger partial charge in [-0.1, -0.05) is 78.9 Å². The van der Waals surface area contributed by atoms with E-state index in [-0.39, 0.29) is 6.10 Å². The van der Waals surface area contributed by atoms with Crippen LogP contribution >= 0.6 is 0 Å². The molecule has 0 fully saturated rings. The number of hydrogen-bond acceptors (Lipinski definition) is 3. The summed E-state index contributed by atoms with van der Waals surface area (Å²) in [4.78, 5) is 4.29. The Morgan fingerprint density at radius 1 is 0.882 bits per heavy atom. The molecule has 0 N–H and O–H groups in total. The molecule has 1 atom stereocenters. The van der Waals surface area contributed by atoms with Crippen molar-refractivity contribution < 1.29 is 4.74 Å². The smallest absolute Gasteiger partial charge is 0.103 e. The molecule has 0 spiro atoms. The number of aryl methyl sites for hydroxylation is 1. The van der Waals surface area contributed by atoms with Gasteiger partial charge in [0.05, 0.1) is 36.5 Å². The van der Waals surface area contributed by atoms with Gasteiger partial charge in [0.25, 0.3) is 0 Å². The molecule has 1 aromatic heterocycles. The van der Waals surface area contributed by atoms with E-state index in [9.17, 15) is 5.26 Å². The predicted molar refractivity (Wildman–Crippen MR) is 135 cm³/mol. The third-order valence-corrected chi connectivity index (χ3v) is 6.18. The van der Waals surface area contributed by atoms with Gasteiger partial charge in [-0.3, -0.25) is 0 Å². The fraction of sp³-hybridized carbons (Fsp3) is 0.133. The van der Waals surface area contributed by atoms with Gasteiger partial charge in [0.1, 0.15) is 6.10 Å². The average molecular weight is 444 g/mol. The maximum atomic E-state index is 9.79. The third-order valence-electron chi connectivity index (χ3n) is 6.18. The first-order chi connectivity index (χ1) is 16.7. The Labute approximate surface area is 199 Å². The molecule has 5 aromatic rings. The Morgan fingerprint density at radius 2 is 1.68 bits per heavy atom. The molecule has 0 aliphatic carbocycles. The average Bonchev–Trinajstić information content (AvgIpc) is 3.32. The summed E-state index contributed by atoms with van der Waals surface area (Å²) in [5.41, 5.74) is 5.93. The highest BCUT2D eigenvalue weighted by Gasteiger charge is 2.17. The minimum atomic E-state index is -0.133. The molecule has 5 rings (SSSR count). The van der Waals surface area contributed by atoms with Crippen LogP contribution in [0, 0.1) is 11.3 Å². The summed E-state index contributed by atoms with van der Waals surface area (Å²) in [6.07, 6.45) is 4.30. The molecule has 4 aromatic carbocycles. The Morgan fingerprint density at radius 3 is 2.47 bits per heavy atom. The van der Waals surface area contributed by atoms with Crippen LogP contribution in [0.4, 0.5) is 0 Å². The van der Waals surface area contributed by atoms with Crippen LogP contribution in [-0.2, 0) is 24.8 Å². The number of benzene rings is 4. The van der Waals surface area contributed by atoms with Gasteiger partial charge in [0.2, 0.25) is 0 Å². The number of fused-ring (bicyclic) bond motifs is 1. The third kappa shape index (κ3) is 4.47. The number of hydrogen-bond donors (Lipinski definition) is 0. The molecule has 4 nitrogen and oxygen atoms in total. The topological polar surface area (TPSA) is 50.8 Å². The van der Waals surface area contributed by atoms with Gasteiger partial charge in [0.15, 0.2) is 0 Å². The lowest BCUT2D eigenvalue weighted by Gasteiger charge is -2.19. The number of ether oxygens (including phenoxy) is 1. The van der Waals surface area contributed by atoms with Crippen LogP contribution in [0.15, 0.2) is 104 Å². The molecular formula is C30H25N3O. The molecule has 166 valence electrons. The molecule has 0 bridgehead atoms. The lowest BCUT2D eigenvalue weighted by atomic mass is 9.93. The highest BCUT2D eigenvalue weighted by Crippen LogP contribution is 2.32. The van der Waals surface area contributed by atoms with Crippen LogP contribution in [0.25, 0.3) is 21.9 Å². The zero-order chi connectivity index (χ0) is 23.3. The summed E-state index contributed by atoms with van der Waals surface area (Å²) in [6, 6.07) is 33.2. The first-order valence-electron chi connectivity index (χ1n) is 11.4. The van der Waals surface area contributed by atoms with Crippen LogP contribution in [0.5, 0.6) is 0 Å². The van der Waals surface area contributed by atoms with Crippen molar-refractivity contribution in [3.63, 3.8) is 0 Å². The van der Waals surface area contributed by atoms with Gasteiger partial charge < -0.3 is 9.30 Å². The zero-order valence-electron chi connectivity index (χ0n) is 19.1. The van der Waals surface area contributed by atoms with Crippen molar-refractivity contribution in [1.29, 1.82) is 5.26 Å². The van der Waals surface area contributed by atoms with Crippen molar-refractivity contribution >= 4 is 10.8 Å². The van der Waals surface area contributed by atoms with Gasteiger partial charge in [-0.15, -0.1) is 0 Å². The fourth-order valence-electron chi connectivity index (χ4n) is 4.41. The normalized spacial score (nSPS) is 11.9. The number of rotatable bonds is 7. The quantitative estimate of drug-likeness (QED) is 0.284. The summed E-state index contributed by atoms with van der Waals surface area (Å²) in [6.45, 7) is 0.437. The Bertz CT molecular complexity index is 1460. The van der Waals surface area contributed by atoms with E-state index in [2.05, 4.69) is 53.5 Å². The molecule has 34 heavy (non-hydrogen) atoms. The van der Waals surface area contributed by atoms with E-state index in [4.69, 9.17) is 4.74 Å². The molecule has 0 radical (unpaired) electrons. The van der Waals surface area contributed by atoms with Gasteiger partial charge in [-0.05, 0) is 39.6 Å². The number of nitrogens with zero attached hydrogens (tertiary/aromatic N) is 3. The SMILES string of the molecule is Cn1cncc1C(Cc1ccccc1)OCc1ccc(C#N)c(-c2cccc3ccccc23)c1. The van der Waals surface area contributed by atoms with Crippen molar-refractivity contribution in [2.45, 2.75) is 19.1 Å². The van der Waals surface area contributed by atoms with E-state index in [0.29, 0.717) is 12.2 Å². The maximum absolute atomic E-state index is 9.79. The predicted octanol–water partition coefficient (Wildman–Crippen LogP) is 6.61. The van der Waals surface area contributed by atoms with Crippen LogP contribution in [0.3, 0.4) is 0 Å². The van der Waals surface area contributed by atoms with Crippen LogP contribution < -0.4 is 0 Å². The maximum Gasteiger partial charge on any atom is 0.103 e. The van der Waals surface area contributed by atoms with Crippen molar-refractivity contribution in [2.24, 2.45) is 7.05 Å². The number of imidazole rings is 1. The van der Waals surface area contributed by atoms with Crippen molar-refractivity contribution in [2.75, 3.05) is 0 Å². The van der Waals surface area contributed by atoms with Gasteiger partial charge >= 0.3 is 0 Å². The molecule has 0 aliphatic heterocycles. The first-order valence-corrected chi connectivity index (χ1v) is 11.4. The van der Waals surface area contributed by atoms with E-state index in [0.717, 1.165) is 39.6 Å². The fourth-order valence-corrected chi connectivity index (χ4v) is 4.41. The second-order valence-electron chi connectivity index (χ2n) is 8.44. The summed E-state index contributed by atoms with van der Waals surface area (Å²) in [7, 11) is 1.99. The minimum Gasteiger partial charge on any atom is -0.367 e. The molecular weight excluding hydrogens is 418 g/mol. The summed E-state index contributed by atoms with van der Waals surface area (Å²) < 4.78 is 8.47. The van der Waals surface area contributed by atoms with E-state index < -0.39 is 0 Å². The molecule has 4 heteroatoms. The second kappa shape index (κ2) is 9.74. The lowest BCUT2D eigenvalue weighted by molar-refractivity contribution is 0.0353. The van der Waals surface area contributed by atoms with E-state index in [1.165, 1.54) is 5.56 Å². The van der Waals surface area contributed by atoms with Gasteiger partial charge in [-0.2, -0.15) is 5.26 Å². The second-order valence-corrected chi connectivity index (χ2v) is 8.44. The van der Waals surface area contributed by atoms with E-state index in [1.54, 1.807) is 6.33 Å².